The van der Waals surface area contributed by atoms with Crippen LogP contribution in [0.1, 0.15) is 82.6 Å². The summed E-state index contributed by atoms with van der Waals surface area (Å²) in [6, 6.07) is 0. The summed E-state index contributed by atoms with van der Waals surface area (Å²) in [6.45, 7) is 41.7. The average Bonchev–Trinajstić information content (AvgIpc) is 3.39. The first kappa shape index (κ1) is 37.5. The first-order chi connectivity index (χ1) is 19.5. The zero-order valence-electron chi connectivity index (χ0n) is 30.9. The Morgan fingerprint density at radius 2 is 1.39 bits per heavy atom. The van der Waals surface area contributed by atoms with Crippen molar-refractivity contribution in [2.75, 3.05) is 6.61 Å². The van der Waals surface area contributed by atoms with Crippen LogP contribution in [0.4, 0.5) is 0 Å². The minimum atomic E-state index is -2.48. The summed E-state index contributed by atoms with van der Waals surface area (Å²) < 4.78 is 34.4. The van der Waals surface area contributed by atoms with Crippen LogP contribution in [0.3, 0.4) is 0 Å². The Labute approximate surface area is 272 Å². The number of rotatable bonds is 7. The summed E-state index contributed by atoms with van der Waals surface area (Å²) in [4.78, 5) is 0. The molecule has 0 amide bonds. The molecule has 0 unspecified atom stereocenters. The maximum absolute atomic E-state index is 12.4. The standard InChI is InChI=1S/C35H62O6Si3/c1-19-25-26(23-27(28-24-37-33(11,12)38-28)39-42(13,14)30(2,3)4)34(40-43(15,16)31(5,6)7)21-20-22-35(34,29(25)36)41-44(17,18)32(8,9)10/h20-21,28-29,36H,1,22,24H2,2-18H3/t23?,28-,29-,34-,35+/m1/s1. The number of fused-ring (bicyclic) bond motifs is 1. The highest BCUT2D eigenvalue weighted by molar-refractivity contribution is 6.75. The third kappa shape index (κ3) is 6.44. The van der Waals surface area contributed by atoms with Gasteiger partial charge in [-0.3, -0.25) is 0 Å². The van der Waals surface area contributed by atoms with Gasteiger partial charge in [-0.05, 0) is 80.7 Å². The lowest BCUT2D eigenvalue weighted by molar-refractivity contribution is -0.136. The molecule has 0 aromatic heterocycles. The van der Waals surface area contributed by atoms with Crippen LogP contribution in [0.5, 0.6) is 0 Å². The largest absolute Gasteiger partial charge is 0.539 e. The lowest BCUT2D eigenvalue weighted by Gasteiger charge is -2.52. The molecule has 2 fully saturated rings. The number of aliphatic hydroxyl groups excluding tert-OH is 1. The molecule has 1 N–H and O–H groups in total. The number of hydrogen-bond acceptors (Lipinski definition) is 6. The Hall–Kier alpha value is -0.969. The van der Waals surface area contributed by atoms with E-state index in [1.807, 2.05) is 13.8 Å². The van der Waals surface area contributed by atoms with Crippen LogP contribution in [-0.2, 0) is 22.8 Å². The van der Waals surface area contributed by atoms with Gasteiger partial charge in [-0.1, -0.05) is 80.7 Å². The summed E-state index contributed by atoms with van der Waals surface area (Å²) >= 11 is 0. The smallest absolute Gasteiger partial charge is 0.250 e. The monoisotopic (exact) mass is 662 g/mol. The summed E-state index contributed by atoms with van der Waals surface area (Å²) in [5, 5.41) is 12.1. The van der Waals surface area contributed by atoms with Gasteiger partial charge in [0.2, 0.25) is 0 Å². The van der Waals surface area contributed by atoms with Gasteiger partial charge in [-0.2, -0.15) is 0 Å². The molecule has 1 heterocycles. The van der Waals surface area contributed by atoms with Crippen molar-refractivity contribution in [3.63, 3.8) is 0 Å². The van der Waals surface area contributed by atoms with Gasteiger partial charge in [0.05, 0.1) is 6.61 Å². The van der Waals surface area contributed by atoms with Crippen LogP contribution >= 0.6 is 0 Å². The molecule has 3 aliphatic rings. The maximum Gasteiger partial charge on any atom is 0.250 e. The molecule has 0 aromatic carbocycles. The van der Waals surface area contributed by atoms with Crippen LogP contribution in [0.15, 0.2) is 47.1 Å². The van der Waals surface area contributed by atoms with Crippen molar-refractivity contribution in [2.24, 2.45) is 0 Å². The van der Waals surface area contributed by atoms with Crippen LogP contribution in [0.25, 0.3) is 0 Å². The van der Waals surface area contributed by atoms with Crippen molar-refractivity contribution in [1.29, 1.82) is 0 Å². The molecule has 9 heteroatoms. The van der Waals surface area contributed by atoms with Gasteiger partial charge in [0.15, 0.2) is 28.2 Å². The second kappa shape index (κ2) is 11.3. The number of hydrogen-bond donors (Lipinski definition) is 1. The Morgan fingerprint density at radius 3 is 1.82 bits per heavy atom. The minimum absolute atomic E-state index is 0.0658. The fraction of sp³-hybridized carbons (Fsp3) is 0.771. The van der Waals surface area contributed by atoms with Gasteiger partial charge in [-0.15, -0.1) is 5.73 Å². The average molecular weight is 663 g/mol. The van der Waals surface area contributed by atoms with E-state index in [1.54, 1.807) is 0 Å². The van der Waals surface area contributed by atoms with Crippen LogP contribution in [0.2, 0.25) is 54.4 Å². The van der Waals surface area contributed by atoms with E-state index in [9.17, 15) is 5.11 Å². The molecule has 0 aromatic rings. The van der Waals surface area contributed by atoms with E-state index in [1.165, 1.54) is 0 Å². The Kier molecular flexibility index (Phi) is 9.65. The lowest BCUT2D eigenvalue weighted by atomic mass is 9.86. The highest BCUT2D eigenvalue weighted by Gasteiger charge is 2.71. The summed E-state index contributed by atoms with van der Waals surface area (Å²) in [7, 11) is -7.26. The van der Waals surface area contributed by atoms with E-state index in [0.29, 0.717) is 29.9 Å². The molecule has 0 spiro atoms. The molecule has 44 heavy (non-hydrogen) atoms. The molecule has 0 bridgehead atoms. The van der Waals surface area contributed by atoms with Crippen molar-refractivity contribution in [3.05, 3.63) is 47.1 Å². The molecular weight excluding hydrogens is 601 g/mol. The Balaban J connectivity index is 2.49. The van der Waals surface area contributed by atoms with E-state index >= 15 is 0 Å². The zero-order valence-corrected chi connectivity index (χ0v) is 33.9. The molecule has 2 aliphatic carbocycles. The molecule has 1 aliphatic heterocycles. The second-order valence-corrected chi connectivity index (χ2v) is 32.2. The Bertz CT molecular complexity index is 1280. The predicted molar refractivity (Wildman–Crippen MR) is 188 cm³/mol. The molecule has 250 valence electrons. The first-order valence-electron chi connectivity index (χ1n) is 16.2. The van der Waals surface area contributed by atoms with E-state index < -0.39 is 54.1 Å². The topological polar surface area (TPSA) is 66.4 Å². The fourth-order valence-electron chi connectivity index (χ4n) is 5.27. The molecule has 4 atom stereocenters. The quantitative estimate of drug-likeness (QED) is 0.127. The minimum Gasteiger partial charge on any atom is -0.539 e. The SMILES string of the molecule is C=C=C1C(=C=C(O[Si](C)(C)C(C)(C)C)[C@H]2COC(C)(C)O2)[C@]2(O[Si](C)(C)C(C)(C)C)C=CC[C@]2(O[Si](C)(C)C(C)(C)C)[C@@H]1O. The van der Waals surface area contributed by atoms with E-state index in [-0.39, 0.29) is 15.1 Å². The molecule has 6 nitrogen and oxygen atoms in total. The molecule has 1 saturated heterocycles. The van der Waals surface area contributed by atoms with Crippen LogP contribution in [-0.4, -0.2) is 65.9 Å². The maximum atomic E-state index is 12.4. The zero-order chi connectivity index (χ0) is 34.2. The van der Waals surface area contributed by atoms with Crippen molar-refractivity contribution in [1.82, 2.24) is 0 Å². The van der Waals surface area contributed by atoms with E-state index in [2.05, 4.69) is 132 Å². The van der Waals surface area contributed by atoms with E-state index in [0.717, 1.165) is 0 Å². The van der Waals surface area contributed by atoms with Gasteiger partial charge in [0, 0.05) is 11.1 Å². The normalized spacial score (nSPS) is 29.5. The van der Waals surface area contributed by atoms with Gasteiger partial charge >= 0.3 is 0 Å². The highest BCUT2D eigenvalue weighted by atomic mass is 28.4. The van der Waals surface area contributed by atoms with Crippen molar-refractivity contribution >= 4 is 25.0 Å². The van der Waals surface area contributed by atoms with Gasteiger partial charge in [0.1, 0.15) is 23.4 Å². The number of aliphatic hydroxyl groups is 1. The third-order valence-electron chi connectivity index (χ3n) is 11.1. The Morgan fingerprint density at radius 1 is 0.886 bits per heavy atom. The third-order valence-corrected chi connectivity index (χ3v) is 24.4. The first-order valence-corrected chi connectivity index (χ1v) is 24.9. The van der Waals surface area contributed by atoms with Crippen LogP contribution < -0.4 is 0 Å². The van der Waals surface area contributed by atoms with Crippen molar-refractivity contribution in [3.8, 4) is 0 Å². The van der Waals surface area contributed by atoms with Crippen molar-refractivity contribution in [2.45, 2.75) is 166 Å². The summed E-state index contributed by atoms with van der Waals surface area (Å²) in [6.07, 6.45) is 3.22. The molecular formula is C35H62O6Si3. The molecule has 0 radical (unpaired) electrons. The van der Waals surface area contributed by atoms with Gasteiger partial charge < -0.3 is 27.9 Å². The summed E-state index contributed by atoms with van der Waals surface area (Å²) in [5.74, 6) is -0.192. The van der Waals surface area contributed by atoms with Gasteiger partial charge in [0.25, 0.3) is 8.32 Å². The molecule has 1 saturated carbocycles. The summed E-state index contributed by atoms with van der Waals surface area (Å²) in [5.41, 5.74) is 5.83. The number of ether oxygens (including phenoxy) is 2. The van der Waals surface area contributed by atoms with Crippen LogP contribution in [0, 0.1) is 0 Å². The van der Waals surface area contributed by atoms with Gasteiger partial charge in [-0.25, -0.2) is 0 Å². The molecule has 3 rings (SSSR count). The van der Waals surface area contributed by atoms with Crippen molar-refractivity contribution < 1.29 is 27.9 Å². The predicted octanol–water partition coefficient (Wildman–Crippen LogP) is 9.14. The second-order valence-electron chi connectivity index (χ2n) is 18.0. The fourth-order valence-corrected chi connectivity index (χ4v) is 9.32. The van der Waals surface area contributed by atoms with E-state index in [4.69, 9.17) is 22.8 Å². The highest BCUT2D eigenvalue weighted by Crippen LogP contribution is 2.61. The lowest BCUT2D eigenvalue weighted by Crippen LogP contribution is -2.64.